The third-order valence-electron chi connectivity index (χ3n) is 4.30. The van der Waals surface area contributed by atoms with Crippen LogP contribution >= 0.6 is 0 Å². The third kappa shape index (κ3) is 6.04. The second kappa shape index (κ2) is 10.9. The summed E-state index contributed by atoms with van der Waals surface area (Å²) < 4.78 is 10.8. The minimum absolute atomic E-state index is 0.425. The number of guanidine groups is 1. The molecular formula is C22H28N6O2. The van der Waals surface area contributed by atoms with Crippen LogP contribution in [0.15, 0.2) is 58.2 Å². The van der Waals surface area contributed by atoms with Gasteiger partial charge in [0.1, 0.15) is 11.4 Å². The van der Waals surface area contributed by atoms with E-state index in [1.807, 2.05) is 44.3 Å². The lowest BCUT2D eigenvalue weighted by atomic mass is 10.2. The Morgan fingerprint density at radius 2 is 2.00 bits per heavy atom. The highest BCUT2D eigenvalue weighted by Gasteiger charge is 2.10. The van der Waals surface area contributed by atoms with E-state index in [1.54, 1.807) is 6.20 Å². The van der Waals surface area contributed by atoms with Crippen LogP contribution in [0, 0.1) is 0 Å². The molecule has 8 heteroatoms. The molecule has 0 amide bonds. The molecule has 0 radical (unpaired) electrons. The summed E-state index contributed by atoms with van der Waals surface area (Å²) in [6.07, 6.45) is 2.29. The lowest BCUT2D eigenvalue weighted by Crippen LogP contribution is -2.38. The predicted octanol–water partition coefficient (Wildman–Crippen LogP) is 3.17. The largest absolute Gasteiger partial charge is 0.494 e. The first kappa shape index (κ1) is 21.3. The first-order valence-electron chi connectivity index (χ1n) is 10.1. The van der Waals surface area contributed by atoms with Gasteiger partial charge in [0.2, 0.25) is 0 Å². The third-order valence-corrected chi connectivity index (χ3v) is 4.30. The highest BCUT2D eigenvalue weighted by molar-refractivity contribution is 5.79. The van der Waals surface area contributed by atoms with E-state index in [2.05, 4.69) is 44.4 Å². The maximum Gasteiger partial charge on any atom is 0.276 e. The van der Waals surface area contributed by atoms with Gasteiger partial charge in [0, 0.05) is 39.3 Å². The second-order valence-corrected chi connectivity index (χ2v) is 6.65. The molecule has 0 atom stereocenters. The van der Waals surface area contributed by atoms with Crippen molar-refractivity contribution >= 4 is 5.96 Å². The van der Waals surface area contributed by atoms with Gasteiger partial charge < -0.3 is 19.5 Å². The Hall–Kier alpha value is -3.42. The van der Waals surface area contributed by atoms with Crippen LogP contribution in [0.2, 0.25) is 0 Å². The number of hydrogen-bond acceptors (Lipinski definition) is 6. The van der Waals surface area contributed by atoms with E-state index in [1.165, 1.54) is 5.56 Å². The van der Waals surface area contributed by atoms with Crippen molar-refractivity contribution in [3.8, 4) is 17.3 Å². The van der Waals surface area contributed by atoms with Gasteiger partial charge in [-0.1, -0.05) is 23.4 Å². The molecule has 1 aromatic carbocycles. The fourth-order valence-electron chi connectivity index (χ4n) is 2.89. The first-order chi connectivity index (χ1) is 14.7. The van der Waals surface area contributed by atoms with Gasteiger partial charge in [-0.15, -0.1) is 0 Å². The zero-order chi connectivity index (χ0) is 21.2. The van der Waals surface area contributed by atoms with Crippen molar-refractivity contribution in [2.75, 3.05) is 26.7 Å². The minimum Gasteiger partial charge on any atom is -0.494 e. The van der Waals surface area contributed by atoms with Crippen molar-refractivity contribution in [3.63, 3.8) is 0 Å². The Bertz CT molecular complexity index is 924. The summed E-state index contributed by atoms with van der Waals surface area (Å²) in [5, 5.41) is 7.36. The Morgan fingerprint density at radius 3 is 2.70 bits per heavy atom. The normalized spacial score (nSPS) is 11.4. The molecule has 0 unspecified atom stereocenters. The predicted molar refractivity (Wildman–Crippen MR) is 116 cm³/mol. The number of aromatic nitrogens is 3. The van der Waals surface area contributed by atoms with Crippen molar-refractivity contribution in [3.05, 3.63) is 60.0 Å². The molecule has 158 valence electrons. The average Bonchev–Trinajstić information content (AvgIpc) is 3.24. The number of aliphatic imine (C=N–C) groups is 1. The molecule has 0 saturated carbocycles. The van der Waals surface area contributed by atoms with Crippen molar-refractivity contribution in [1.82, 2.24) is 25.3 Å². The smallest absolute Gasteiger partial charge is 0.276 e. The molecule has 0 aliphatic heterocycles. The van der Waals surface area contributed by atoms with E-state index in [4.69, 9.17) is 14.3 Å². The molecule has 8 nitrogen and oxygen atoms in total. The zero-order valence-electron chi connectivity index (χ0n) is 17.7. The molecule has 1 N–H and O–H groups in total. The summed E-state index contributed by atoms with van der Waals surface area (Å²) in [4.78, 5) is 15.4. The molecule has 0 fully saturated rings. The maximum absolute atomic E-state index is 5.50. The highest BCUT2D eigenvalue weighted by atomic mass is 16.5. The lowest BCUT2D eigenvalue weighted by molar-refractivity contribution is 0.340. The Morgan fingerprint density at radius 1 is 1.17 bits per heavy atom. The van der Waals surface area contributed by atoms with Crippen LogP contribution in [0.5, 0.6) is 5.75 Å². The number of hydrogen-bond donors (Lipinski definition) is 1. The topological polar surface area (TPSA) is 88.7 Å². The summed E-state index contributed by atoms with van der Waals surface area (Å²) in [7, 11) is 2.02. The molecule has 3 aromatic rings. The minimum atomic E-state index is 0.425. The molecule has 2 heterocycles. The van der Waals surface area contributed by atoms with Gasteiger partial charge in [-0.3, -0.25) is 9.98 Å². The van der Waals surface area contributed by atoms with Crippen LogP contribution in [0.25, 0.3) is 11.6 Å². The second-order valence-electron chi connectivity index (χ2n) is 6.65. The lowest BCUT2D eigenvalue weighted by Gasteiger charge is -2.22. The van der Waals surface area contributed by atoms with Gasteiger partial charge >= 0.3 is 0 Å². The van der Waals surface area contributed by atoms with Crippen LogP contribution in [-0.4, -0.2) is 52.7 Å². The monoisotopic (exact) mass is 408 g/mol. The van der Waals surface area contributed by atoms with Gasteiger partial charge in [0.05, 0.1) is 6.61 Å². The first-order valence-corrected chi connectivity index (χ1v) is 10.1. The van der Waals surface area contributed by atoms with Crippen molar-refractivity contribution < 1.29 is 9.26 Å². The van der Waals surface area contributed by atoms with Gasteiger partial charge in [-0.25, -0.2) is 0 Å². The highest BCUT2D eigenvalue weighted by Crippen LogP contribution is 2.14. The Kier molecular flexibility index (Phi) is 7.77. The maximum atomic E-state index is 5.50. The van der Waals surface area contributed by atoms with Crippen molar-refractivity contribution in [2.24, 2.45) is 4.99 Å². The summed E-state index contributed by atoms with van der Waals surface area (Å²) >= 11 is 0. The molecule has 0 saturated heterocycles. The quantitative estimate of drug-likeness (QED) is 0.430. The van der Waals surface area contributed by atoms with E-state index in [-0.39, 0.29) is 0 Å². The molecule has 2 aromatic heterocycles. The van der Waals surface area contributed by atoms with Gasteiger partial charge in [-0.2, -0.15) is 4.98 Å². The van der Waals surface area contributed by atoms with Gasteiger partial charge in [-0.05, 0) is 43.7 Å². The zero-order valence-corrected chi connectivity index (χ0v) is 17.7. The van der Waals surface area contributed by atoms with Gasteiger partial charge in [0.15, 0.2) is 11.8 Å². The van der Waals surface area contributed by atoms with Crippen LogP contribution in [0.1, 0.15) is 25.2 Å². The summed E-state index contributed by atoms with van der Waals surface area (Å²) in [5.74, 6) is 2.76. The number of nitrogens with one attached hydrogen (secondary N) is 1. The van der Waals surface area contributed by atoms with E-state index in [0.717, 1.165) is 24.8 Å². The van der Waals surface area contributed by atoms with Crippen LogP contribution in [0.4, 0.5) is 0 Å². The Balaban J connectivity index is 1.58. The fourth-order valence-corrected chi connectivity index (χ4v) is 2.89. The summed E-state index contributed by atoms with van der Waals surface area (Å²) in [5.41, 5.74) is 1.85. The Labute approximate surface area is 177 Å². The molecule has 30 heavy (non-hydrogen) atoms. The number of ether oxygens (including phenoxy) is 1. The summed E-state index contributed by atoms with van der Waals surface area (Å²) in [6, 6.07) is 13.7. The number of nitrogens with zero attached hydrogens (tertiary/aromatic N) is 5. The van der Waals surface area contributed by atoms with Crippen LogP contribution < -0.4 is 10.1 Å². The molecule has 0 aliphatic carbocycles. The number of benzene rings is 1. The van der Waals surface area contributed by atoms with E-state index >= 15 is 0 Å². The molecule has 0 aliphatic rings. The molecule has 0 spiro atoms. The van der Waals surface area contributed by atoms with E-state index in [9.17, 15) is 0 Å². The molecule has 0 bridgehead atoms. The van der Waals surface area contributed by atoms with E-state index < -0.39 is 0 Å². The standard InChI is InChI=1S/C22H28N6O2/c1-4-23-22(28(3)16-17-9-11-18(12-10-17)29-5-2)25-15-13-20-26-21(30-27-20)19-8-6-7-14-24-19/h6-12,14H,4-5,13,15-16H2,1-3H3,(H,23,25). The summed E-state index contributed by atoms with van der Waals surface area (Å²) in [6.45, 7) is 6.79. The molecule has 3 rings (SSSR count). The average molecular weight is 409 g/mol. The SMILES string of the molecule is CCNC(=NCCc1noc(-c2ccccn2)n1)N(C)Cc1ccc(OCC)cc1. The van der Waals surface area contributed by atoms with Crippen molar-refractivity contribution in [1.29, 1.82) is 0 Å². The number of rotatable bonds is 9. The molecular weight excluding hydrogens is 380 g/mol. The van der Waals surface area contributed by atoms with Crippen molar-refractivity contribution in [2.45, 2.75) is 26.8 Å². The van der Waals surface area contributed by atoms with Crippen LogP contribution in [-0.2, 0) is 13.0 Å². The number of pyridine rings is 1. The van der Waals surface area contributed by atoms with E-state index in [0.29, 0.717) is 37.0 Å². The fraction of sp³-hybridized carbons (Fsp3) is 0.364. The van der Waals surface area contributed by atoms with Crippen LogP contribution in [0.3, 0.4) is 0 Å². The van der Waals surface area contributed by atoms with Gasteiger partial charge in [0.25, 0.3) is 5.89 Å².